The summed E-state index contributed by atoms with van der Waals surface area (Å²) in [6.07, 6.45) is 3.12. The van der Waals surface area contributed by atoms with Crippen LogP contribution in [0.2, 0.25) is 0 Å². The predicted octanol–water partition coefficient (Wildman–Crippen LogP) is 3.19. The highest BCUT2D eigenvalue weighted by molar-refractivity contribution is 6.04. The molecule has 2 N–H and O–H groups in total. The zero-order chi connectivity index (χ0) is 20.9. The topological polar surface area (TPSA) is 74.3 Å². The molecule has 0 spiro atoms. The lowest BCUT2D eigenvalue weighted by atomic mass is 10.0. The van der Waals surface area contributed by atoms with Crippen LogP contribution in [0.25, 0.3) is 11.1 Å². The molecule has 2 heterocycles. The first kappa shape index (κ1) is 19.7. The Balaban J connectivity index is 1.49. The lowest BCUT2D eigenvalue weighted by Crippen LogP contribution is -2.46. The third-order valence-corrected chi connectivity index (χ3v) is 4.95. The van der Waals surface area contributed by atoms with Crippen molar-refractivity contribution >= 4 is 17.5 Å². The Bertz CT molecular complexity index is 1060. The Morgan fingerprint density at radius 2 is 1.70 bits per heavy atom. The molecule has 1 aliphatic heterocycles. The number of piperazine rings is 1. The number of benzene rings is 2. The predicted molar refractivity (Wildman–Crippen MR) is 113 cm³/mol. The second-order valence-electron chi connectivity index (χ2n) is 7.05. The van der Waals surface area contributed by atoms with E-state index in [1.807, 2.05) is 17.0 Å². The number of amides is 2. The average Bonchev–Trinajstić information content (AvgIpc) is 2.79. The van der Waals surface area contributed by atoms with Gasteiger partial charge in [0.25, 0.3) is 11.8 Å². The largest absolute Gasteiger partial charge is 0.336 e. The molecule has 7 heteroatoms. The first-order valence-electron chi connectivity index (χ1n) is 9.72. The molecule has 2 amide bonds. The SMILES string of the molecule is O=C(Nc1cccc(F)c1)c1cncc(-c2ccc(C(=O)N3CCNCC3)cc2)c1. The van der Waals surface area contributed by atoms with Crippen molar-refractivity contribution in [3.05, 3.63) is 83.9 Å². The Hall–Kier alpha value is -3.58. The summed E-state index contributed by atoms with van der Waals surface area (Å²) in [6, 6.07) is 14.7. The number of nitrogens with one attached hydrogen (secondary N) is 2. The van der Waals surface area contributed by atoms with Gasteiger partial charge in [-0.2, -0.15) is 0 Å². The van der Waals surface area contributed by atoms with E-state index in [0.29, 0.717) is 29.9 Å². The highest BCUT2D eigenvalue weighted by Gasteiger charge is 2.18. The number of nitrogens with zero attached hydrogens (tertiary/aromatic N) is 2. The molecule has 0 aliphatic carbocycles. The van der Waals surface area contributed by atoms with Gasteiger partial charge in [0.05, 0.1) is 5.56 Å². The minimum absolute atomic E-state index is 0.0180. The van der Waals surface area contributed by atoms with Crippen LogP contribution in [0.4, 0.5) is 10.1 Å². The first-order valence-corrected chi connectivity index (χ1v) is 9.72. The van der Waals surface area contributed by atoms with Crippen molar-refractivity contribution in [1.82, 2.24) is 15.2 Å². The third-order valence-electron chi connectivity index (χ3n) is 4.95. The second kappa shape index (κ2) is 8.84. The van der Waals surface area contributed by atoms with Gasteiger partial charge in [-0.1, -0.05) is 18.2 Å². The summed E-state index contributed by atoms with van der Waals surface area (Å²) < 4.78 is 13.3. The van der Waals surface area contributed by atoms with E-state index in [9.17, 15) is 14.0 Å². The van der Waals surface area contributed by atoms with E-state index in [-0.39, 0.29) is 11.8 Å². The van der Waals surface area contributed by atoms with Crippen LogP contribution in [-0.2, 0) is 0 Å². The number of rotatable bonds is 4. The Kier molecular flexibility index (Phi) is 5.81. The maximum absolute atomic E-state index is 13.3. The molecule has 1 aromatic heterocycles. The Morgan fingerprint density at radius 3 is 2.43 bits per heavy atom. The molecule has 0 bridgehead atoms. The summed E-state index contributed by atoms with van der Waals surface area (Å²) in [7, 11) is 0. The number of halogens is 1. The zero-order valence-corrected chi connectivity index (χ0v) is 16.3. The number of hydrogen-bond donors (Lipinski definition) is 2. The number of hydrogen-bond acceptors (Lipinski definition) is 4. The van der Waals surface area contributed by atoms with E-state index in [4.69, 9.17) is 0 Å². The molecule has 1 fully saturated rings. The van der Waals surface area contributed by atoms with E-state index in [0.717, 1.165) is 24.2 Å². The lowest BCUT2D eigenvalue weighted by molar-refractivity contribution is 0.0735. The maximum Gasteiger partial charge on any atom is 0.257 e. The fourth-order valence-corrected chi connectivity index (χ4v) is 3.35. The lowest BCUT2D eigenvalue weighted by Gasteiger charge is -2.27. The van der Waals surface area contributed by atoms with Crippen LogP contribution in [0.3, 0.4) is 0 Å². The monoisotopic (exact) mass is 404 g/mol. The van der Waals surface area contributed by atoms with Gasteiger partial charge in [0.1, 0.15) is 5.82 Å². The molecule has 3 aromatic rings. The van der Waals surface area contributed by atoms with Crippen LogP contribution in [0.1, 0.15) is 20.7 Å². The molecule has 4 rings (SSSR count). The number of aromatic nitrogens is 1. The van der Waals surface area contributed by atoms with Gasteiger partial charge in [-0.3, -0.25) is 14.6 Å². The maximum atomic E-state index is 13.3. The van der Waals surface area contributed by atoms with Crippen LogP contribution in [0, 0.1) is 5.82 Å². The molecule has 0 saturated carbocycles. The zero-order valence-electron chi connectivity index (χ0n) is 16.3. The third kappa shape index (κ3) is 4.52. The highest BCUT2D eigenvalue weighted by Crippen LogP contribution is 2.21. The summed E-state index contributed by atoms with van der Waals surface area (Å²) >= 11 is 0. The quantitative estimate of drug-likeness (QED) is 0.701. The highest BCUT2D eigenvalue weighted by atomic mass is 19.1. The van der Waals surface area contributed by atoms with E-state index in [2.05, 4.69) is 15.6 Å². The molecule has 0 atom stereocenters. The van der Waals surface area contributed by atoms with Crippen molar-refractivity contribution in [3.8, 4) is 11.1 Å². The molecule has 152 valence electrons. The molecular weight excluding hydrogens is 383 g/mol. The fraction of sp³-hybridized carbons (Fsp3) is 0.174. The van der Waals surface area contributed by atoms with E-state index >= 15 is 0 Å². The van der Waals surface area contributed by atoms with Gasteiger partial charge in [-0.05, 0) is 42.0 Å². The molecular formula is C23H21FN4O2. The van der Waals surface area contributed by atoms with Crippen molar-refractivity contribution in [1.29, 1.82) is 0 Å². The molecule has 2 aromatic carbocycles. The number of anilines is 1. The minimum atomic E-state index is -0.421. The first-order chi connectivity index (χ1) is 14.6. The number of pyridine rings is 1. The van der Waals surface area contributed by atoms with Gasteiger partial charge in [0.15, 0.2) is 0 Å². The van der Waals surface area contributed by atoms with Crippen molar-refractivity contribution in [2.75, 3.05) is 31.5 Å². The van der Waals surface area contributed by atoms with Crippen LogP contribution in [0.5, 0.6) is 0 Å². The average molecular weight is 404 g/mol. The molecule has 1 saturated heterocycles. The fourth-order valence-electron chi connectivity index (χ4n) is 3.35. The standard InChI is InChI=1S/C23H21FN4O2/c24-20-2-1-3-21(13-20)27-22(29)19-12-18(14-26-15-19)16-4-6-17(7-5-16)23(30)28-10-8-25-9-11-28/h1-7,12-15,25H,8-11H2,(H,27,29). The van der Waals surface area contributed by atoms with Gasteiger partial charge >= 0.3 is 0 Å². The molecule has 0 radical (unpaired) electrons. The van der Waals surface area contributed by atoms with Crippen LogP contribution in [-0.4, -0.2) is 47.9 Å². The van der Waals surface area contributed by atoms with Crippen molar-refractivity contribution in [2.24, 2.45) is 0 Å². The second-order valence-corrected chi connectivity index (χ2v) is 7.05. The van der Waals surface area contributed by atoms with Crippen LogP contribution < -0.4 is 10.6 Å². The van der Waals surface area contributed by atoms with Gasteiger partial charge in [-0.15, -0.1) is 0 Å². The summed E-state index contributed by atoms with van der Waals surface area (Å²) in [5, 5.41) is 5.90. The van der Waals surface area contributed by atoms with Crippen LogP contribution in [0.15, 0.2) is 67.0 Å². The van der Waals surface area contributed by atoms with E-state index < -0.39 is 5.82 Å². The van der Waals surface area contributed by atoms with Gasteiger partial charge in [0.2, 0.25) is 0 Å². The Morgan fingerprint density at radius 1 is 0.933 bits per heavy atom. The summed E-state index contributed by atoms with van der Waals surface area (Å²) in [5.41, 5.74) is 2.97. The van der Waals surface area contributed by atoms with Crippen LogP contribution >= 0.6 is 0 Å². The van der Waals surface area contributed by atoms with Crippen molar-refractivity contribution < 1.29 is 14.0 Å². The number of carbonyl (C=O) groups is 2. The van der Waals surface area contributed by atoms with Gasteiger partial charge < -0.3 is 15.5 Å². The molecule has 30 heavy (non-hydrogen) atoms. The smallest absolute Gasteiger partial charge is 0.257 e. The number of carbonyl (C=O) groups excluding carboxylic acids is 2. The molecule has 0 unspecified atom stereocenters. The summed E-state index contributed by atoms with van der Waals surface area (Å²) in [4.78, 5) is 31.1. The molecule has 6 nitrogen and oxygen atoms in total. The van der Waals surface area contributed by atoms with E-state index in [1.54, 1.807) is 30.5 Å². The summed E-state index contributed by atoms with van der Waals surface area (Å²) in [6.45, 7) is 3.01. The minimum Gasteiger partial charge on any atom is -0.336 e. The Labute approximate surface area is 173 Å². The van der Waals surface area contributed by atoms with Gasteiger partial charge in [-0.25, -0.2) is 4.39 Å². The van der Waals surface area contributed by atoms with Crippen molar-refractivity contribution in [2.45, 2.75) is 0 Å². The summed E-state index contributed by atoms with van der Waals surface area (Å²) in [5.74, 6) is -0.778. The van der Waals surface area contributed by atoms with Crippen molar-refractivity contribution in [3.63, 3.8) is 0 Å². The normalized spacial score (nSPS) is 13.7. The molecule has 1 aliphatic rings. The van der Waals surface area contributed by atoms with E-state index in [1.165, 1.54) is 24.4 Å². The van der Waals surface area contributed by atoms with Gasteiger partial charge in [0, 0.05) is 55.4 Å².